The van der Waals surface area contributed by atoms with Crippen LogP contribution in [0.15, 0.2) is 12.1 Å². The van der Waals surface area contributed by atoms with E-state index in [0.717, 1.165) is 12.4 Å². The summed E-state index contributed by atoms with van der Waals surface area (Å²) in [5, 5.41) is 0. The zero-order valence-corrected chi connectivity index (χ0v) is 9.52. The first-order chi connectivity index (χ1) is 7.72. The van der Waals surface area contributed by atoms with Crippen LogP contribution in [0.25, 0.3) is 0 Å². The molecule has 0 aromatic carbocycles. The van der Waals surface area contributed by atoms with Crippen LogP contribution >= 0.6 is 0 Å². The third-order valence-electron chi connectivity index (χ3n) is 2.76. The van der Waals surface area contributed by atoms with Crippen molar-refractivity contribution in [3.05, 3.63) is 12.1 Å². The van der Waals surface area contributed by atoms with Gasteiger partial charge in [0.25, 0.3) is 0 Å². The maximum Gasteiger partial charge on any atom is 0.149 e. The van der Waals surface area contributed by atoms with Crippen LogP contribution in [0.4, 0.5) is 17.3 Å². The molecule has 16 heavy (non-hydrogen) atoms. The summed E-state index contributed by atoms with van der Waals surface area (Å²) in [5.74, 6) is 1.30. The Morgan fingerprint density at radius 2 is 2.19 bits per heavy atom. The van der Waals surface area contributed by atoms with Crippen LogP contribution < -0.4 is 16.4 Å². The first-order valence-electron chi connectivity index (χ1n) is 5.50. The molecule has 5 nitrogen and oxygen atoms in total. The molecule has 1 aliphatic carbocycles. The second-order valence-corrected chi connectivity index (χ2v) is 4.06. The van der Waals surface area contributed by atoms with E-state index in [1.54, 1.807) is 13.2 Å². The van der Waals surface area contributed by atoms with E-state index in [-0.39, 0.29) is 0 Å². The van der Waals surface area contributed by atoms with E-state index in [1.807, 2.05) is 6.07 Å². The standard InChI is InChI=1S/C11H18N4O/c1-16-7-6-15(8-2-3-8)10-5-4-9(12)11(13)14-10/h4-5,8H,2-3,6-7,12H2,1H3,(H2,13,14). The molecular weight excluding hydrogens is 204 g/mol. The molecule has 4 N–H and O–H groups in total. The van der Waals surface area contributed by atoms with Gasteiger partial charge in [0.15, 0.2) is 0 Å². The number of hydrogen-bond acceptors (Lipinski definition) is 5. The zero-order valence-electron chi connectivity index (χ0n) is 9.52. The van der Waals surface area contributed by atoms with Crippen LogP contribution in [-0.4, -0.2) is 31.3 Å². The summed E-state index contributed by atoms with van der Waals surface area (Å²) in [6, 6.07) is 4.31. The highest BCUT2D eigenvalue weighted by Crippen LogP contribution is 2.31. The molecule has 1 heterocycles. The SMILES string of the molecule is COCCN(c1ccc(N)c(N)n1)C1CC1. The fraction of sp³-hybridized carbons (Fsp3) is 0.545. The third-order valence-corrected chi connectivity index (χ3v) is 2.76. The first kappa shape index (κ1) is 11.0. The minimum Gasteiger partial charge on any atom is -0.396 e. The maximum absolute atomic E-state index is 5.71. The lowest BCUT2D eigenvalue weighted by Gasteiger charge is -2.23. The highest BCUT2D eigenvalue weighted by atomic mass is 16.5. The second kappa shape index (κ2) is 4.57. The van der Waals surface area contributed by atoms with Gasteiger partial charge in [0.1, 0.15) is 11.6 Å². The highest BCUT2D eigenvalue weighted by Gasteiger charge is 2.29. The summed E-state index contributed by atoms with van der Waals surface area (Å²) >= 11 is 0. The smallest absolute Gasteiger partial charge is 0.149 e. The molecule has 1 aromatic rings. The van der Waals surface area contributed by atoms with Crippen LogP contribution in [0.3, 0.4) is 0 Å². The molecule has 2 rings (SSSR count). The van der Waals surface area contributed by atoms with Gasteiger partial charge in [-0.1, -0.05) is 0 Å². The molecule has 0 saturated heterocycles. The zero-order chi connectivity index (χ0) is 11.5. The average Bonchev–Trinajstić information content (AvgIpc) is 3.08. The van der Waals surface area contributed by atoms with Crippen molar-refractivity contribution in [2.45, 2.75) is 18.9 Å². The summed E-state index contributed by atoms with van der Waals surface area (Å²) in [5.41, 5.74) is 11.9. The van der Waals surface area contributed by atoms with Crippen molar-refractivity contribution in [3.63, 3.8) is 0 Å². The van der Waals surface area contributed by atoms with Gasteiger partial charge in [-0.15, -0.1) is 0 Å². The predicted octanol–water partition coefficient (Wildman–Crippen LogP) is 0.861. The number of nitrogens with zero attached hydrogens (tertiary/aromatic N) is 2. The number of ether oxygens (including phenoxy) is 1. The Morgan fingerprint density at radius 1 is 1.44 bits per heavy atom. The van der Waals surface area contributed by atoms with Crippen LogP contribution in [-0.2, 0) is 4.74 Å². The summed E-state index contributed by atoms with van der Waals surface area (Å²) < 4.78 is 5.10. The third kappa shape index (κ3) is 2.36. The molecule has 1 aromatic heterocycles. The lowest BCUT2D eigenvalue weighted by atomic mass is 10.3. The van der Waals surface area contributed by atoms with E-state index in [0.29, 0.717) is 24.2 Å². The number of hydrogen-bond donors (Lipinski definition) is 2. The number of rotatable bonds is 5. The van der Waals surface area contributed by atoms with Gasteiger partial charge in [-0.25, -0.2) is 4.98 Å². The largest absolute Gasteiger partial charge is 0.396 e. The molecule has 0 bridgehead atoms. The van der Waals surface area contributed by atoms with E-state index in [4.69, 9.17) is 16.2 Å². The Morgan fingerprint density at radius 3 is 2.75 bits per heavy atom. The molecule has 88 valence electrons. The lowest BCUT2D eigenvalue weighted by Crippen LogP contribution is -2.30. The van der Waals surface area contributed by atoms with E-state index < -0.39 is 0 Å². The molecule has 1 saturated carbocycles. The summed E-state index contributed by atoms with van der Waals surface area (Å²) in [7, 11) is 1.70. The van der Waals surface area contributed by atoms with Crippen molar-refractivity contribution in [2.75, 3.05) is 36.6 Å². The molecule has 0 aliphatic heterocycles. The highest BCUT2D eigenvalue weighted by molar-refractivity contribution is 5.62. The number of anilines is 3. The van der Waals surface area contributed by atoms with Gasteiger partial charge in [0, 0.05) is 19.7 Å². The van der Waals surface area contributed by atoms with Gasteiger partial charge in [-0.2, -0.15) is 0 Å². The van der Waals surface area contributed by atoms with E-state index in [9.17, 15) is 0 Å². The number of aromatic nitrogens is 1. The van der Waals surface area contributed by atoms with Crippen molar-refractivity contribution >= 4 is 17.3 Å². The minimum absolute atomic E-state index is 0.403. The van der Waals surface area contributed by atoms with Crippen LogP contribution in [0.2, 0.25) is 0 Å². The van der Waals surface area contributed by atoms with E-state index in [1.165, 1.54) is 12.8 Å². The minimum atomic E-state index is 0.403. The Kier molecular flexibility index (Phi) is 3.14. The monoisotopic (exact) mass is 222 g/mol. The van der Waals surface area contributed by atoms with Crippen molar-refractivity contribution in [1.82, 2.24) is 4.98 Å². The number of nitrogen functional groups attached to an aromatic ring is 2. The number of methoxy groups -OCH3 is 1. The van der Waals surface area contributed by atoms with Gasteiger partial charge < -0.3 is 21.1 Å². The first-order valence-corrected chi connectivity index (χ1v) is 5.50. The number of nitrogens with two attached hydrogens (primary N) is 2. The average molecular weight is 222 g/mol. The Hall–Kier alpha value is -1.49. The van der Waals surface area contributed by atoms with Gasteiger partial charge >= 0.3 is 0 Å². The van der Waals surface area contributed by atoms with Crippen molar-refractivity contribution < 1.29 is 4.74 Å². The summed E-state index contributed by atoms with van der Waals surface area (Å²) in [6.07, 6.45) is 2.44. The molecule has 0 amide bonds. The van der Waals surface area contributed by atoms with E-state index >= 15 is 0 Å². The van der Waals surface area contributed by atoms with Gasteiger partial charge in [0.2, 0.25) is 0 Å². The van der Waals surface area contributed by atoms with Gasteiger partial charge in [-0.05, 0) is 25.0 Å². The second-order valence-electron chi connectivity index (χ2n) is 4.06. The molecular formula is C11H18N4O. The summed E-state index contributed by atoms with van der Waals surface area (Å²) in [6.45, 7) is 1.54. The summed E-state index contributed by atoms with van der Waals surface area (Å²) in [4.78, 5) is 6.55. The molecule has 1 fully saturated rings. The van der Waals surface area contributed by atoms with Crippen molar-refractivity contribution in [1.29, 1.82) is 0 Å². The molecule has 0 spiro atoms. The Bertz CT molecular complexity index is 365. The van der Waals surface area contributed by atoms with Gasteiger partial charge in [0.05, 0.1) is 12.3 Å². The van der Waals surface area contributed by atoms with Crippen LogP contribution in [0, 0.1) is 0 Å². The normalized spacial score (nSPS) is 15.1. The van der Waals surface area contributed by atoms with Crippen molar-refractivity contribution in [3.8, 4) is 0 Å². The van der Waals surface area contributed by atoms with Crippen LogP contribution in [0.1, 0.15) is 12.8 Å². The topological polar surface area (TPSA) is 77.4 Å². The number of pyridine rings is 1. The maximum atomic E-state index is 5.71. The quantitative estimate of drug-likeness (QED) is 0.772. The molecule has 0 unspecified atom stereocenters. The predicted molar refractivity (Wildman–Crippen MR) is 65.3 cm³/mol. The Balaban J connectivity index is 2.14. The lowest BCUT2D eigenvalue weighted by molar-refractivity contribution is 0.204. The van der Waals surface area contributed by atoms with E-state index in [2.05, 4.69) is 9.88 Å². The van der Waals surface area contributed by atoms with Crippen molar-refractivity contribution in [2.24, 2.45) is 0 Å². The molecule has 5 heteroatoms. The fourth-order valence-electron chi connectivity index (χ4n) is 1.69. The Labute approximate surface area is 95.4 Å². The molecule has 0 atom stereocenters. The molecule has 0 radical (unpaired) electrons. The molecule has 1 aliphatic rings. The van der Waals surface area contributed by atoms with Crippen LogP contribution in [0.5, 0.6) is 0 Å². The van der Waals surface area contributed by atoms with Gasteiger partial charge in [-0.3, -0.25) is 0 Å². The fourth-order valence-corrected chi connectivity index (χ4v) is 1.69.